The number of ether oxygens (including phenoxy) is 2. The minimum absolute atomic E-state index is 0.129. The highest BCUT2D eigenvalue weighted by Crippen LogP contribution is 2.29. The number of rotatable bonds is 9. The first kappa shape index (κ1) is 25.1. The van der Waals surface area contributed by atoms with E-state index in [0.717, 1.165) is 16.7 Å². The highest BCUT2D eigenvalue weighted by Gasteiger charge is 2.28. The van der Waals surface area contributed by atoms with E-state index < -0.39 is 10.0 Å². The van der Waals surface area contributed by atoms with Crippen LogP contribution in [0, 0.1) is 13.8 Å². The van der Waals surface area contributed by atoms with Crippen LogP contribution in [0.4, 0.5) is 5.69 Å². The highest BCUT2D eigenvalue weighted by molar-refractivity contribution is 7.92. The van der Waals surface area contributed by atoms with Gasteiger partial charge >= 0.3 is 0 Å². The van der Waals surface area contributed by atoms with Crippen molar-refractivity contribution in [2.45, 2.75) is 25.3 Å². The third kappa shape index (κ3) is 5.69. The van der Waals surface area contributed by atoms with E-state index in [-0.39, 0.29) is 23.9 Å². The maximum absolute atomic E-state index is 13.6. The third-order valence-corrected chi connectivity index (χ3v) is 7.19. The van der Waals surface area contributed by atoms with Crippen molar-refractivity contribution in [1.29, 1.82) is 0 Å². The van der Waals surface area contributed by atoms with Crippen molar-refractivity contribution in [3.63, 3.8) is 0 Å². The molecule has 0 radical (unpaired) electrons. The molecule has 180 valence electrons. The van der Waals surface area contributed by atoms with Gasteiger partial charge in [-0.15, -0.1) is 0 Å². The molecule has 0 N–H and O–H groups in total. The van der Waals surface area contributed by atoms with Crippen LogP contribution >= 0.6 is 0 Å². The minimum Gasteiger partial charge on any atom is -0.493 e. The molecule has 0 aliphatic rings. The van der Waals surface area contributed by atoms with Crippen LogP contribution < -0.4 is 13.8 Å². The summed E-state index contributed by atoms with van der Waals surface area (Å²) in [6, 6.07) is 19.1. The number of aryl methyl sites for hydroxylation is 2. The summed E-state index contributed by atoms with van der Waals surface area (Å²) in [5, 5.41) is 0. The van der Waals surface area contributed by atoms with E-state index in [2.05, 4.69) is 0 Å². The van der Waals surface area contributed by atoms with Crippen molar-refractivity contribution >= 4 is 21.6 Å². The standard InChI is InChI=1S/C26H30N2O5S/c1-19-13-20(2)15-22(14-19)28(34(30,31)23-9-7-6-8-10-23)18-26(29)27(3)17-21-11-12-24(32-4)25(16-21)33-5/h6-16H,17-18H2,1-5H3. The molecule has 1 amide bonds. The highest BCUT2D eigenvalue weighted by atomic mass is 32.2. The van der Waals surface area contributed by atoms with Crippen LogP contribution in [0.15, 0.2) is 71.6 Å². The van der Waals surface area contributed by atoms with Gasteiger partial charge in [0.1, 0.15) is 6.54 Å². The average Bonchev–Trinajstić information content (AvgIpc) is 2.81. The normalized spacial score (nSPS) is 11.1. The molecule has 0 saturated carbocycles. The van der Waals surface area contributed by atoms with Gasteiger partial charge in [-0.1, -0.05) is 30.3 Å². The molecule has 34 heavy (non-hydrogen) atoms. The average molecular weight is 483 g/mol. The molecule has 0 atom stereocenters. The number of carbonyl (C=O) groups excluding carboxylic acids is 1. The Hall–Kier alpha value is -3.52. The Labute approximate surface area is 201 Å². The number of hydrogen-bond donors (Lipinski definition) is 0. The zero-order chi connectivity index (χ0) is 24.9. The molecule has 0 spiro atoms. The van der Waals surface area contributed by atoms with Crippen molar-refractivity contribution in [2.24, 2.45) is 0 Å². The van der Waals surface area contributed by atoms with E-state index in [1.165, 1.54) is 21.3 Å². The number of sulfonamides is 1. The number of likely N-dealkylation sites (N-methyl/N-ethyl adjacent to an activating group) is 1. The molecule has 3 aromatic carbocycles. The maximum atomic E-state index is 13.6. The lowest BCUT2D eigenvalue weighted by atomic mass is 10.1. The summed E-state index contributed by atoms with van der Waals surface area (Å²) >= 11 is 0. The van der Waals surface area contributed by atoms with Gasteiger partial charge in [0.15, 0.2) is 11.5 Å². The number of carbonyl (C=O) groups is 1. The van der Waals surface area contributed by atoms with Gasteiger partial charge in [-0.05, 0) is 66.9 Å². The van der Waals surface area contributed by atoms with Crippen LogP contribution in [-0.4, -0.2) is 47.0 Å². The lowest BCUT2D eigenvalue weighted by Crippen LogP contribution is -2.41. The molecule has 0 fully saturated rings. The molecule has 8 heteroatoms. The van der Waals surface area contributed by atoms with Gasteiger partial charge in [-0.25, -0.2) is 8.42 Å². The summed E-state index contributed by atoms with van der Waals surface area (Å²) < 4.78 is 38.9. The Morgan fingerprint density at radius 2 is 1.47 bits per heavy atom. The first-order chi connectivity index (χ1) is 16.1. The second-order valence-corrected chi connectivity index (χ2v) is 9.97. The summed E-state index contributed by atoms with van der Waals surface area (Å²) in [4.78, 5) is 14.8. The number of hydrogen-bond acceptors (Lipinski definition) is 5. The fraction of sp³-hybridized carbons (Fsp3) is 0.269. The van der Waals surface area contributed by atoms with Gasteiger partial charge in [0.05, 0.1) is 24.8 Å². The van der Waals surface area contributed by atoms with Crippen LogP contribution in [0.1, 0.15) is 16.7 Å². The lowest BCUT2D eigenvalue weighted by molar-refractivity contribution is -0.128. The molecule has 3 rings (SSSR count). The topological polar surface area (TPSA) is 76.2 Å². The van der Waals surface area contributed by atoms with Crippen molar-refractivity contribution in [1.82, 2.24) is 4.90 Å². The molecule has 0 heterocycles. The van der Waals surface area contributed by atoms with Crippen LogP contribution in [-0.2, 0) is 21.4 Å². The summed E-state index contributed by atoms with van der Waals surface area (Å²) in [5.41, 5.74) is 3.11. The fourth-order valence-corrected chi connectivity index (χ4v) is 5.13. The van der Waals surface area contributed by atoms with Crippen molar-refractivity contribution in [2.75, 3.05) is 32.1 Å². The third-order valence-electron chi connectivity index (χ3n) is 5.40. The smallest absolute Gasteiger partial charge is 0.264 e. The van der Waals surface area contributed by atoms with Gasteiger partial charge in [0.2, 0.25) is 5.91 Å². The maximum Gasteiger partial charge on any atom is 0.264 e. The number of amides is 1. The van der Waals surface area contributed by atoms with E-state index in [1.807, 2.05) is 26.0 Å². The fourth-order valence-electron chi connectivity index (χ4n) is 3.71. The van der Waals surface area contributed by atoms with E-state index in [4.69, 9.17) is 9.47 Å². The van der Waals surface area contributed by atoms with Crippen LogP contribution in [0.25, 0.3) is 0 Å². The zero-order valence-corrected chi connectivity index (χ0v) is 20.9. The molecule has 0 aliphatic heterocycles. The van der Waals surface area contributed by atoms with Gasteiger partial charge in [-0.2, -0.15) is 0 Å². The molecule has 0 aliphatic carbocycles. The predicted octanol–water partition coefficient (Wildman–Crippen LogP) is 4.17. The molecule has 3 aromatic rings. The van der Waals surface area contributed by atoms with Crippen LogP contribution in [0.5, 0.6) is 11.5 Å². The van der Waals surface area contributed by atoms with Gasteiger partial charge in [0.25, 0.3) is 10.0 Å². The predicted molar refractivity (Wildman–Crippen MR) is 133 cm³/mol. The van der Waals surface area contributed by atoms with Gasteiger partial charge in [0, 0.05) is 13.6 Å². The monoisotopic (exact) mass is 482 g/mol. The number of anilines is 1. The first-order valence-electron chi connectivity index (χ1n) is 10.8. The van der Waals surface area contributed by atoms with E-state index >= 15 is 0 Å². The van der Waals surface area contributed by atoms with E-state index in [0.29, 0.717) is 17.2 Å². The molecular weight excluding hydrogens is 452 g/mol. The van der Waals surface area contributed by atoms with E-state index in [9.17, 15) is 13.2 Å². The zero-order valence-electron chi connectivity index (χ0n) is 20.1. The SMILES string of the molecule is COc1ccc(CN(C)C(=O)CN(c2cc(C)cc(C)c2)S(=O)(=O)c2ccccc2)cc1OC. The quantitative estimate of drug-likeness (QED) is 0.458. The van der Waals surface area contributed by atoms with Crippen LogP contribution in [0.3, 0.4) is 0 Å². The van der Waals surface area contributed by atoms with Crippen molar-refractivity contribution < 1.29 is 22.7 Å². The molecular formula is C26H30N2O5S. The summed E-state index contributed by atoms with van der Waals surface area (Å²) in [6.07, 6.45) is 0. The first-order valence-corrected chi connectivity index (χ1v) is 12.2. The number of benzene rings is 3. The Balaban J connectivity index is 1.91. The molecule has 0 bridgehead atoms. The Morgan fingerprint density at radius 1 is 0.853 bits per heavy atom. The second-order valence-electron chi connectivity index (χ2n) is 8.11. The number of methoxy groups -OCH3 is 2. The lowest BCUT2D eigenvalue weighted by Gasteiger charge is -2.27. The summed E-state index contributed by atoms with van der Waals surface area (Å²) in [7, 11) is 0.793. The molecule has 0 unspecified atom stereocenters. The Kier molecular flexibility index (Phi) is 7.83. The minimum atomic E-state index is -3.96. The van der Waals surface area contributed by atoms with Crippen molar-refractivity contribution in [3.8, 4) is 11.5 Å². The molecule has 0 aromatic heterocycles. The van der Waals surface area contributed by atoms with Crippen molar-refractivity contribution in [3.05, 3.63) is 83.4 Å². The van der Waals surface area contributed by atoms with Gasteiger partial charge in [-0.3, -0.25) is 9.10 Å². The van der Waals surface area contributed by atoms with Gasteiger partial charge < -0.3 is 14.4 Å². The largest absolute Gasteiger partial charge is 0.493 e. The Morgan fingerprint density at radius 3 is 2.06 bits per heavy atom. The summed E-state index contributed by atoms with van der Waals surface area (Å²) in [5.74, 6) is 0.813. The summed E-state index contributed by atoms with van der Waals surface area (Å²) in [6.45, 7) is 3.75. The molecule has 7 nitrogen and oxygen atoms in total. The number of nitrogens with zero attached hydrogens (tertiary/aromatic N) is 2. The van der Waals surface area contributed by atoms with Crippen LogP contribution in [0.2, 0.25) is 0 Å². The van der Waals surface area contributed by atoms with E-state index in [1.54, 1.807) is 63.7 Å². The molecule has 0 saturated heterocycles. The second kappa shape index (κ2) is 10.6. The Bertz CT molecular complexity index is 1240.